The highest BCUT2D eigenvalue weighted by Gasteiger charge is 2.19. The maximum absolute atomic E-state index is 3.59. The Morgan fingerprint density at radius 2 is 1.22 bits per heavy atom. The van der Waals surface area contributed by atoms with Crippen molar-refractivity contribution in [3.63, 3.8) is 0 Å². The average Bonchev–Trinajstić information content (AvgIpc) is 4.02. The van der Waals surface area contributed by atoms with Gasteiger partial charge < -0.3 is 4.57 Å². The van der Waals surface area contributed by atoms with Crippen molar-refractivity contribution < 1.29 is 0 Å². The lowest BCUT2D eigenvalue weighted by molar-refractivity contribution is 0.943. The molecule has 1 aromatic heterocycles. The summed E-state index contributed by atoms with van der Waals surface area (Å²) in [5.74, 6) is 0. The summed E-state index contributed by atoms with van der Waals surface area (Å²) in [6.45, 7) is 16.7. The van der Waals surface area contributed by atoms with Gasteiger partial charge in [0.15, 0.2) is 0 Å². The number of nitrogens with zero attached hydrogens (tertiary/aromatic N) is 1. The van der Waals surface area contributed by atoms with Crippen LogP contribution in [0.3, 0.4) is 0 Å². The molecule has 0 aliphatic heterocycles. The lowest BCUT2D eigenvalue weighted by Crippen LogP contribution is -1.98. The Morgan fingerprint density at radius 3 is 1.86 bits per heavy atom. The van der Waals surface area contributed by atoms with Crippen molar-refractivity contribution in [3.05, 3.63) is 231 Å². The number of rotatable bonds is 5. The predicted octanol–water partition coefficient (Wildman–Crippen LogP) is 16.6. The Morgan fingerprint density at radius 1 is 0.576 bits per heavy atom. The van der Waals surface area contributed by atoms with Gasteiger partial charge in [-0.15, -0.1) is 11.5 Å². The van der Waals surface area contributed by atoms with Gasteiger partial charge in [-0.2, -0.15) is 0 Å². The molecular formula is C58H59N. The molecule has 1 heterocycles. The largest absolute Gasteiger partial charge is 0.309 e. The normalized spacial score (nSPS) is 14.7. The van der Waals surface area contributed by atoms with Crippen LogP contribution < -0.4 is 0 Å². The lowest BCUT2D eigenvalue weighted by Gasteiger charge is -2.17. The molecule has 10 rings (SSSR count). The van der Waals surface area contributed by atoms with Gasteiger partial charge in [0.25, 0.3) is 0 Å². The minimum absolute atomic E-state index is 1.04. The maximum atomic E-state index is 3.59. The van der Waals surface area contributed by atoms with Gasteiger partial charge in [0, 0.05) is 39.6 Å². The minimum Gasteiger partial charge on any atom is -0.309 e. The van der Waals surface area contributed by atoms with Crippen LogP contribution in [0.2, 0.25) is 0 Å². The van der Waals surface area contributed by atoms with Crippen LogP contribution in [0.25, 0.3) is 38.6 Å². The average molecular weight is 770 g/mol. The zero-order valence-corrected chi connectivity index (χ0v) is 36.4. The van der Waals surface area contributed by atoms with Crippen molar-refractivity contribution in [1.29, 1.82) is 0 Å². The first kappa shape index (κ1) is 42.3. The van der Waals surface area contributed by atoms with Gasteiger partial charge in [0.2, 0.25) is 0 Å². The molecule has 0 saturated heterocycles. The number of fused-ring (bicyclic) bond motifs is 3. The number of hydrogen-bond acceptors (Lipinski definition) is 0. The highest BCUT2D eigenvalue weighted by Crippen LogP contribution is 2.38. The Balaban J connectivity index is 0.000000164. The van der Waals surface area contributed by atoms with Gasteiger partial charge in [-0.05, 0) is 117 Å². The molecule has 0 amide bonds. The first-order chi connectivity index (χ1) is 28.9. The molecule has 296 valence electrons. The van der Waals surface area contributed by atoms with Crippen molar-refractivity contribution in [2.75, 3.05) is 0 Å². The Labute approximate surface area is 353 Å². The predicted molar refractivity (Wildman–Crippen MR) is 258 cm³/mol. The van der Waals surface area contributed by atoms with Gasteiger partial charge in [-0.3, -0.25) is 0 Å². The summed E-state index contributed by atoms with van der Waals surface area (Å²) in [6, 6.07) is 45.0. The van der Waals surface area contributed by atoms with Gasteiger partial charge >= 0.3 is 0 Å². The molecule has 0 radical (unpaired) electrons. The van der Waals surface area contributed by atoms with E-state index in [4.69, 9.17) is 0 Å². The summed E-state index contributed by atoms with van der Waals surface area (Å²) in [4.78, 5) is 0. The van der Waals surface area contributed by atoms with Crippen LogP contribution in [0.1, 0.15) is 89.5 Å². The fraction of sp³-hybridized carbons (Fsp3) is 0.207. The van der Waals surface area contributed by atoms with E-state index >= 15 is 0 Å². The van der Waals surface area contributed by atoms with Crippen LogP contribution in [0.15, 0.2) is 209 Å². The van der Waals surface area contributed by atoms with E-state index in [1.807, 2.05) is 45.9 Å². The summed E-state index contributed by atoms with van der Waals surface area (Å²) >= 11 is 0. The first-order valence-electron chi connectivity index (χ1n) is 21.5. The van der Waals surface area contributed by atoms with Gasteiger partial charge in [-0.1, -0.05) is 172 Å². The maximum Gasteiger partial charge on any atom is 0.0541 e. The van der Waals surface area contributed by atoms with Crippen LogP contribution >= 0.6 is 0 Å². The Kier molecular flexibility index (Phi) is 14.6. The minimum atomic E-state index is 1.04. The summed E-state index contributed by atoms with van der Waals surface area (Å²) in [7, 11) is 0. The molecule has 0 atom stereocenters. The van der Waals surface area contributed by atoms with E-state index in [0.717, 1.165) is 25.7 Å². The molecule has 4 aliphatic carbocycles. The number of aryl methyl sites for hydroxylation is 2. The van der Waals surface area contributed by atoms with Gasteiger partial charge in [-0.25, -0.2) is 0 Å². The molecule has 0 unspecified atom stereocenters. The fourth-order valence-corrected chi connectivity index (χ4v) is 7.80. The van der Waals surface area contributed by atoms with E-state index in [1.54, 1.807) is 0 Å². The van der Waals surface area contributed by atoms with Gasteiger partial charge in [0.05, 0.1) is 11.0 Å². The number of allylic oxidation sites excluding steroid dienone is 12. The van der Waals surface area contributed by atoms with E-state index in [1.165, 1.54) is 94.3 Å². The highest BCUT2D eigenvalue weighted by molar-refractivity contribution is 6.09. The molecule has 4 aliphatic rings. The molecule has 0 spiro atoms. The third kappa shape index (κ3) is 9.85. The standard InChI is InChI=1S/C28H24.C19H15N.C7H8.2C2H6/c1-19-7-3-6-10-27(19)28-18-24(15-20(28)2)22-11-13-23(14-12-22)26-16-25(17-26)21-8-4-5-9-21;1-14-11-12-19-17(13-14)16-9-5-6-10-18(16)20(19)15-7-3-2-4-8-15;1-7-5-3-2-4-6-7;2*1-2/h4-6,8,10-14,18H,3,7,9,16H2,1-2H3;2-13H,1H3;2-6H,1H3;2*1-2H3. The molecule has 0 saturated carbocycles. The summed E-state index contributed by atoms with van der Waals surface area (Å²) in [6.07, 6.45) is 17.9. The Hall–Kier alpha value is -6.36. The molecule has 1 nitrogen and oxygen atoms in total. The SMILES string of the molecule is CC.CC.CC1=C=C(c2ccc(C3=C=C(C4=CC=CC4)C3)cc2)C=C1C1=C(C)CCC=C1.Cc1ccc2c(c1)c1ccccc1n2-c1ccccc1.Cc1ccccc1. The number of hydrogen-bond donors (Lipinski definition) is 0. The van der Waals surface area contributed by atoms with Crippen molar-refractivity contribution in [2.45, 2.75) is 81.1 Å². The second-order valence-corrected chi connectivity index (χ2v) is 14.9. The summed E-state index contributed by atoms with van der Waals surface area (Å²) in [5.41, 5.74) is 26.8. The van der Waals surface area contributed by atoms with E-state index in [-0.39, 0.29) is 0 Å². The topological polar surface area (TPSA) is 4.93 Å². The zero-order chi connectivity index (χ0) is 41.7. The summed E-state index contributed by atoms with van der Waals surface area (Å²) in [5, 5.41) is 2.64. The number of aromatic nitrogens is 1. The Bertz CT molecular complexity index is 2700. The highest BCUT2D eigenvalue weighted by atomic mass is 15.0. The number of para-hydroxylation sites is 2. The smallest absolute Gasteiger partial charge is 0.0541 e. The number of benzene rings is 5. The van der Waals surface area contributed by atoms with E-state index in [9.17, 15) is 0 Å². The molecule has 0 bridgehead atoms. The lowest BCUT2D eigenvalue weighted by atomic mass is 9.86. The van der Waals surface area contributed by atoms with Crippen molar-refractivity contribution >= 4 is 33.0 Å². The summed E-state index contributed by atoms with van der Waals surface area (Å²) < 4.78 is 2.34. The molecule has 5 aromatic carbocycles. The van der Waals surface area contributed by atoms with E-state index < -0.39 is 0 Å². The third-order valence-corrected chi connectivity index (χ3v) is 10.9. The molecule has 0 N–H and O–H groups in total. The van der Waals surface area contributed by atoms with Crippen LogP contribution in [0.5, 0.6) is 0 Å². The quantitative estimate of drug-likeness (QED) is 0.154. The third-order valence-electron chi connectivity index (χ3n) is 10.9. The van der Waals surface area contributed by atoms with Gasteiger partial charge in [0.1, 0.15) is 0 Å². The van der Waals surface area contributed by atoms with Crippen LogP contribution in [-0.2, 0) is 0 Å². The van der Waals surface area contributed by atoms with Crippen molar-refractivity contribution in [3.8, 4) is 5.69 Å². The molecule has 0 fully saturated rings. The van der Waals surface area contributed by atoms with Crippen molar-refractivity contribution in [2.24, 2.45) is 0 Å². The van der Waals surface area contributed by atoms with E-state index in [0.29, 0.717) is 0 Å². The second kappa shape index (κ2) is 20.4. The molecule has 1 heteroatoms. The second-order valence-electron chi connectivity index (χ2n) is 14.9. The molecule has 59 heavy (non-hydrogen) atoms. The van der Waals surface area contributed by atoms with Crippen LogP contribution in [0.4, 0.5) is 0 Å². The monoisotopic (exact) mass is 769 g/mol. The first-order valence-corrected chi connectivity index (χ1v) is 21.5. The molecule has 6 aromatic rings. The molecular weight excluding hydrogens is 711 g/mol. The van der Waals surface area contributed by atoms with Crippen LogP contribution in [0, 0.1) is 13.8 Å². The van der Waals surface area contributed by atoms with Crippen molar-refractivity contribution in [1.82, 2.24) is 4.57 Å². The zero-order valence-electron chi connectivity index (χ0n) is 36.4. The van der Waals surface area contributed by atoms with Crippen LogP contribution in [-0.4, -0.2) is 4.57 Å². The van der Waals surface area contributed by atoms with E-state index in [2.05, 4.69) is 189 Å². The fourth-order valence-electron chi connectivity index (χ4n) is 7.80.